The zero-order chi connectivity index (χ0) is 27.3. The topological polar surface area (TPSA) is 132 Å². The quantitative estimate of drug-likeness (QED) is 0.123. The van der Waals surface area contributed by atoms with Crippen molar-refractivity contribution >= 4 is 17.6 Å². The Labute approximate surface area is 221 Å². The molecule has 0 fully saturated rings. The second-order valence-electron chi connectivity index (χ2n) is 8.57. The fourth-order valence-corrected chi connectivity index (χ4v) is 4.22. The van der Waals surface area contributed by atoms with E-state index in [1.807, 2.05) is 37.3 Å². The molecule has 1 atom stereocenters. The van der Waals surface area contributed by atoms with Crippen LogP contribution in [-0.2, 0) is 25.7 Å². The van der Waals surface area contributed by atoms with Crippen LogP contribution in [0.3, 0.4) is 0 Å². The van der Waals surface area contributed by atoms with Gasteiger partial charge in [-0.15, -0.1) is 0 Å². The van der Waals surface area contributed by atoms with Crippen LogP contribution in [0, 0.1) is 21.4 Å². The van der Waals surface area contributed by atoms with E-state index in [9.17, 15) is 19.7 Å². The standard InChI is InChI=1S/C29H29N3O6/c1-2-9-25-28(37-19-8-17-30)26(22-13-15-23(16-14-22)32(35)36)27(24(31-25)12-6-7-18-33)29(34)38-20-21-10-4-3-5-11-21/h3-5,7,10-11,13-16,26,31H,2,6,8-9,12,19-20H2,1H3. The molecular weight excluding hydrogens is 486 g/mol. The van der Waals surface area contributed by atoms with Gasteiger partial charge in [0.25, 0.3) is 5.69 Å². The Morgan fingerprint density at radius 3 is 2.50 bits per heavy atom. The minimum absolute atomic E-state index is 0.0494. The lowest BCUT2D eigenvalue weighted by atomic mass is 9.83. The highest BCUT2D eigenvalue weighted by atomic mass is 16.6. The lowest BCUT2D eigenvalue weighted by Crippen LogP contribution is -2.32. The van der Waals surface area contributed by atoms with Crippen LogP contribution in [0.4, 0.5) is 5.69 Å². The normalized spacial score (nSPS) is 14.7. The first kappa shape index (κ1) is 27.9. The summed E-state index contributed by atoms with van der Waals surface area (Å²) in [6.45, 7) is 2.16. The molecule has 2 aromatic rings. The number of nitrogens with zero attached hydrogens (tertiary/aromatic N) is 2. The van der Waals surface area contributed by atoms with E-state index in [2.05, 4.69) is 11.4 Å². The maximum Gasteiger partial charge on any atom is 0.337 e. The summed E-state index contributed by atoms with van der Waals surface area (Å²) >= 11 is 0. The van der Waals surface area contributed by atoms with Crippen molar-refractivity contribution in [2.75, 3.05) is 6.61 Å². The molecule has 0 bridgehead atoms. The number of nitro benzene ring substituents is 1. The molecule has 1 N–H and O–H groups in total. The number of rotatable bonds is 13. The molecule has 2 aromatic carbocycles. The third-order valence-electron chi connectivity index (χ3n) is 5.94. The molecule has 0 amide bonds. The van der Waals surface area contributed by atoms with Crippen LogP contribution in [0.1, 0.15) is 56.1 Å². The molecule has 3 rings (SSSR count). The average molecular weight is 516 g/mol. The summed E-state index contributed by atoms with van der Waals surface area (Å²) in [4.78, 5) is 35.3. The van der Waals surface area contributed by atoms with Gasteiger partial charge in [0.2, 0.25) is 0 Å². The second-order valence-corrected chi connectivity index (χ2v) is 8.57. The van der Waals surface area contributed by atoms with Gasteiger partial charge in [0.05, 0.1) is 34.6 Å². The number of nitriles is 1. The number of nitro groups is 1. The molecule has 1 aliphatic heterocycles. The van der Waals surface area contributed by atoms with Gasteiger partial charge in [-0.3, -0.25) is 10.1 Å². The molecule has 0 radical (unpaired) electrons. The summed E-state index contributed by atoms with van der Waals surface area (Å²) in [6, 6.07) is 17.3. The second kappa shape index (κ2) is 14.2. The van der Waals surface area contributed by atoms with Gasteiger partial charge < -0.3 is 14.8 Å². The number of carbonyl (C=O) groups is 1. The number of esters is 1. The number of benzene rings is 2. The van der Waals surface area contributed by atoms with Gasteiger partial charge in [-0.05, 0) is 30.4 Å². The highest BCUT2D eigenvalue weighted by Crippen LogP contribution is 2.41. The first-order valence-corrected chi connectivity index (χ1v) is 12.4. The Morgan fingerprint density at radius 1 is 1.13 bits per heavy atom. The highest BCUT2D eigenvalue weighted by molar-refractivity contribution is 5.92. The first-order valence-electron chi connectivity index (χ1n) is 12.4. The minimum Gasteiger partial charge on any atom is -0.494 e. The third-order valence-corrected chi connectivity index (χ3v) is 5.94. The Bertz CT molecular complexity index is 1290. The Morgan fingerprint density at radius 2 is 1.87 bits per heavy atom. The number of ether oxygens (including phenoxy) is 2. The molecule has 1 heterocycles. The van der Waals surface area contributed by atoms with Crippen LogP contribution in [-0.4, -0.2) is 23.4 Å². The molecular formula is C29H29N3O6. The lowest BCUT2D eigenvalue weighted by Gasteiger charge is -2.33. The van der Waals surface area contributed by atoms with Crippen molar-refractivity contribution < 1.29 is 24.0 Å². The van der Waals surface area contributed by atoms with E-state index in [-0.39, 0.29) is 25.3 Å². The van der Waals surface area contributed by atoms with Gasteiger partial charge in [0.15, 0.2) is 0 Å². The van der Waals surface area contributed by atoms with Crippen LogP contribution in [0.15, 0.2) is 83.4 Å². The van der Waals surface area contributed by atoms with Crippen LogP contribution >= 0.6 is 0 Å². The molecule has 0 spiro atoms. The molecule has 1 unspecified atom stereocenters. The Balaban J connectivity index is 2.12. The smallest absolute Gasteiger partial charge is 0.337 e. The van der Waals surface area contributed by atoms with Crippen molar-refractivity contribution in [2.45, 2.75) is 51.6 Å². The molecule has 196 valence electrons. The van der Waals surface area contributed by atoms with E-state index in [1.165, 1.54) is 18.2 Å². The van der Waals surface area contributed by atoms with Gasteiger partial charge >= 0.3 is 5.97 Å². The number of allylic oxidation sites excluding steroid dienone is 4. The molecule has 9 nitrogen and oxygen atoms in total. The Kier molecular flexibility index (Phi) is 10.4. The van der Waals surface area contributed by atoms with Gasteiger partial charge in [-0.1, -0.05) is 55.8 Å². The molecule has 0 aliphatic carbocycles. The van der Waals surface area contributed by atoms with Gasteiger partial charge in [-0.2, -0.15) is 5.26 Å². The van der Waals surface area contributed by atoms with Crippen molar-refractivity contribution in [3.05, 3.63) is 105 Å². The van der Waals surface area contributed by atoms with Crippen LogP contribution < -0.4 is 5.32 Å². The zero-order valence-electron chi connectivity index (χ0n) is 21.1. The fraction of sp³-hybridized carbons (Fsp3) is 0.310. The van der Waals surface area contributed by atoms with Crippen LogP contribution in [0.2, 0.25) is 0 Å². The lowest BCUT2D eigenvalue weighted by molar-refractivity contribution is -0.384. The van der Waals surface area contributed by atoms with E-state index in [4.69, 9.17) is 14.7 Å². The van der Waals surface area contributed by atoms with E-state index in [1.54, 1.807) is 18.1 Å². The summed E-state index contributed by atoms with van der Waals surface area (Å²) in [5.74, 6) is 0.931. The fourth-order valence-electron chi connectivity index (χ4n) is 4.22. The summed E-state index contributed by atoms with van der Waals surface area (Å²) in [5.41, 5.74) is 2.96. The molecule has 9 heteroatoms. The summed E-state index contributed by atoms with van der Waals surface area (Å²) < 4.78 is 11.8. The molecule has 38 heavy (non-hydrogen) atoms. The number of non-ortho nitro benzene ring substituents is 1. The van der Waals surface area contributed by atoms with Gasteiger partial charge in [0.1, 0.15) is 24.9 Å². The molecule has 0 aromatic heterocycles. The van der Waals surface area contributed by atoms with E-state index in [0.29, 0.717) is 41.9 Å². The maximum absolute atomic E-state index is 13.7. The maximum atomic E-state index is 13.7. The number of hydrogen-bond acceptors (Lipinski definition) is 8. The number of hydrogen-bond donors (Lipinski definition) is 1. The highest BCUT2D eigenvalue weighted by Gasteiger charge is 2.37. The van der Waals surface area contributed by atoms with Crippen LogP contribution in [0.25, 0.3) is 0 Å². The SMILES string of the molecule is CCCC1=C(OCCC#N)C(c2ccc([N+](=O)[O-])cc2)C(C(=O)OCc2ccccc2)=C(CCC=C=O)N1. The number of nitrogens with one attached hydrogen (secondary N) is 1. The first-order chi connectivity index (χ1) is 18.5. The summed E-state index contributed by atoms with van der Waals surface area (Å²) in [5, 5.41) is 23.7. The van der Waals surface area contributed by atoms with E-state index in [0.717, 1.165) is 17.7 Å². The minimum atomic E-state index is -0.726. The van der Waals surface area contributed by atoms with Crippen molar-refractivity contribution in [2.24, 2.45) is 0 Å². The molecule has 1 aliphatic rings. The molecule has 0 saturated heterocycles. The van der Waals surface area contributed by atoms with Crippen molar-refractivity contribution in [3.63, 3.8) is 0 Å². The van der Waals surface area contributed by atoms with E-state index < -0.39 is 16.8 Å². The number of carbonyl (C=O) groups excluding carboxylic acids is 2. The monoisotopic (exact) mass is 515 g/mol. The van der Waals surface area contributed by atoms with Crippen molar-refractivity contribution in [1.29, 1.82) is 5.26 Å². The predicted octanol–water partition coefficient (Wildman–Crippen LogP) is 5.39. The van der Waals surface area contributed by atoms with Crippen LogP contribution in [0.5, 0.6) is 0 Å². The van der Waals surface area contributed by atoms with Crippen molar-refractivity contribution in [1.82, 2.24) is 5.32 Å². The average Bonchev–Trinajstić information content (AvgIpc) is 2.93. The zero-order valence-corrected chi connectivity index (χ0v) is 21.1. The van der Waals surface area contributed by atoms with E-state index >= 15 is 0 Å². The molecule has 0 saturated carbocycles. The van der Waals surface area contributed by atoms with Crippen molar-refractivity contribution in [3.8, 4) is 6.07 Å². The Hall–Kier alpha value is -4.67. The van der Waals surface area contributed by atoms with Gasteiger partial charge in [0, 0.05) is 23.9 Å². The largest absolute Gasteiger partial charge is 0.494 e. The summed E-state index contributed by atoms with van der Waals surface area (Å²) in [6.07, 6.45) is 3.56. The van der Waals surface area contributed by atoms with Gasteiger partial charge in [-0.25, -0.2) is 9.59 Å². The summed E-state index contributed by atoms with van der Waals surface area (Å²) in [7, 11) is 0. The number of dihydropyridines is 1. The third kappa shape index (κ3) is 7.19. The predicted molar refractivity (Wildman–Crippen MR) is 140 cm³/mol.